The van der Waals surface area contributed by atoms with Gasteiger partial charge in [0.15, 0.2) is 6.10 Å². The van der Waals surface area contributed by atoms with Gasteiger partial charge in [0.1, 0.15) is 17.3 Å². The molecule has 0 aliphatic carbocycles. The summed E-state index contributed by atoms with van der Waals surface area (Å²) in [6.07, 6.45) is 3.28. The molecule has 2 rings (SSSR count). The topological polar surface area (TPSA) is 50.8 Å². The van der Waals surface area contributed by atoms with Gasteiger partial charge in [-0.2, -0.15) is 0 Å². The summed E-state index contributed by atoms with van der Waals surface area (Å²) in [5.41, 5.74) is 7.38. The maximum absolute atomic E-state index is 6.02. The van der Waals surface area contributed by atoms with Crippen molar-refractivity contribution >= 4 is 17.2 Å². The van der Waals surface area contributed by atoms with Crippen LogP contribution in [0.1, 0.15) is 33.1 Å². The number of fused-ring (bicyclic) bond motifs is 1. The van der Waals surface area contributed by atoms with E-state index in [1.807, 2.05) is 18.2 Å². The second kappa shape index (κ2) is 5.95. The van der Waals surface area contributed by atoms with E-state index in [1.165, 1.54) is 12.8 Å². The fraction of sp³-hybridized carbons (Fsp3) is 0.533. The molecule has 4 nitrogen and oxygen atoms in total. The molecule has 2 N–H and O–H groups in total. The Morgan fingerprint density at radius 1 is 1.37 bits per heavy atom. The first-order valence-corrected chi connectivity index (χ1v) is 7.01. The van der Waals surface area contributed by atoms with Crippen molar-refractivity contribution in [2.24, 2.45) is 4.99 Å². The Kier molecular flexibility index (Phi) is 4.30. The number of rotatable bonds is 4. The van der Waals surface area contributed by atoms with E-state index < -0.39 is 0 Å². The van der Waals surface area contributed by atoms with Crippen molar-refractivity contribution in [2.75, 3.05) is 19.3 Å². The zero-order chi connectivity index (χ0) is 13.8. The van der Waals surface area contributed by atoms with Gasteiger partial charge in [0.25, 0.3) is 0 Å². The summed E-state index contributed by atoms with van der Waals surface area (Å²) in [7, 11) is 2.09. The summed E-state index contributed by atoms with van der Waals surface area (Å²) in [5.74, 6) is 1.81. The molecule has 1 aromatic carbocycles. The summed E-state index contributed by atoms with van der Waals surface area (Å²) in [5, 5.41) is 0. The first-order valence-electron chi connectivity index (χ1n) is 7.01. The molecule has 1 aromatic rings. The summed E-state index contributed by atoms with van der Waals surface area (Å²) in [4.78, 5) is 6.96. The van der Waals surface area contributed by atoms with Crippen molar-refractivity contribution in [3.8, 4) is 5.75 Å². The lowest BCUT2D eigenvalue weighted by Crippen LogP contribution is -2.41. The highest BCUT2D eigenvalue weighted by molar-refractivity contribution is 5.91. The number of anilines is 1. The van der Waals surface area contributed by atoms with Crippen LogP contribution < -0.4 is 10.5 Å². The van der Waals surface area contributed by atoms with Crippen molar-refractivity contribution < 1.29 is 4.74 Å². The Morgan fingerprint density at radius 3 is 2.84 bits per heavy atom. The molecule has 1 atom stereocenters. The Hall–Kier alpha value is -1.71. The largest absolute Gasteiger partial charge is 0.480 e. The molecule has 1 aliphatic rings. The standard InChI is InChI=1S/C15H23N3O/c1-4-6-9-18(3)15-13(5-2)19-14-10-11(16)7-8-12(14)17-15/h7-8,10,13H,4-6,9,16H2,1-3H3. The zero-order valence-electron chi connectivity index (χ0n) is 12.0. The first-order chi connectivity index (χ1) is 9.15. The van der Waals surface area contributed by atoms with Crippen molar-refractivity contribution in [2.45, 2.75) is 39.2 Å². The lowest BCUT2D eigenvalue weighted by Gasteiger charge is -2.31. The third-order valence-electron chi connectivity index (χ3n) is 3.39. The predicted molar refractivity (Wildman–Crippen MR) is 80.2 cm³/mol. The maximum Gasteiger partial charge on any atom is 0.156 e. The molecule has 0 spiro atoms. The molecule has 1 heterocycles. The van der Waals surface area contributed by atoms with Crippen molar-refractivity contribution in [3.63, 3.8) is 0 Å². The van der Waals surface area contributed by atoms with Gasteiger partial charge in [-0.3, -0.25) is 0 Å². The van der Waals surface area contributed by atoms with E-state index in [9.17, 15) is 0 Å². The molecule has 104 valence electrons. The molecule has 1 unspecified atom stereocenters. The van der Waals surface area contributed by atoms with Crippen molar-refractivity contribution in [1.29, 1.82) is 0 Å². The summed E-state index contributed by atoms with van der Waals surface area (Å²) in [6, 6.07) is 5.64. The summed E-state index contributed by atoms with van der Waals surface area (Å²) < 4.78 is 6.02. The normalized spacial score (nSPS) is 17.4. The second-order valence-corrected chi connectivity index (χ2v) is 4.99. The highest BCUT2D eigenvalue weighted by atomic mass is 16.5. The molecular formula is C15H23N3O. The molecule has 0 bridgehead atoms. The van der Waals surface area contributed by atoms with Gasteiger partial charge in [-0.05, 0) is 25.0 Å². The minimum atomic E-state index is 0.0242. The van der Waals surface area contributed by atoms with Crippen molar-refractivity contribution in [3.05, 3.63) is 18.2 Å². The number of benzene rings is 1. The first kappa shape index (κ1) is 13.7. The fourth-order valence-electron chi connectivity index (χ4n) is 2.23. The third kappa shape index (κ3) is 3.00. The number of hydrogen-bond acceptors (Lipinski definition) is 4. The summed E-state index contributed by atoms with van der Waals surface area (Å²) in [6.45, 7) is 5.33. The van der Waals surface area contributed by atoms with E-state index in [-0.39, 0.29) is 6.10 Å². The Morgan fingerprint density at radius 2 is 2.16 bits per heavy atom. The van der Waals surface area contributed by atoms with Gasteiger partial charge in [-0.1, -0.05) is 20.3 Å². The van der Waals surface area contributed by atoms with Crippen LogP contribution in [0.25, 0.3) is 0 Å². The fourth-order valence-corrected chi connectivity index (χ4v) is 2.23. The number of nitrogens with zero attached hydrogens (tertiary/aromatic N) is 2. The van der Waals surface area contributed by atoms with Gasteiger partial charge < -0.3 is 15.4 Å². The highest BCUT2D eigenvalue weighted by Gasteiger charge is 2.25. The van der Waals surface area contributed by atoms with Crippen molar-refractivity contribution in [1.82, 2.24) is 4.90 Å². The van der Waals surface area contributed by atoms with Gasteiger partial charge in [0, 0.05) is 25.3 Å². The molecule has 4 heteroatoms. The van der Waals surface area contributed by atoms with Crippen LogP contribution in [-0.2, 0) is 0 Å². The van der Waals surface area contributed by atoms with Gasteiger partial charge in [0.05, 0.1) is 0 Å². The van der Waals surface area contributed by atoms with Crippen LogP contribution in [0.2, 0.25) is 0 Å². The lowest BCUT2D eigenvalue weighted by molar-refractivity contribution is 0.238. The van der Waals surface area contributed by atoms with E-state index >= 15 is 0 Å². The quantitative estimate of drug-likeness (QED) is 0.847. The van der Waals surface area contributed by atoms with Gasteiger partial charge in [0.2, 0.25) is 0 Å². The molecule has 0 radical (unpaired) electrons. The Bertz CT molecular complexity index is 470. The SMILES string of the molecule is CCCCN(C)C1=Nc2ccc(N)cc2OC1CC. The van der Waals surface area contributed by atoms with Gasteiger partial charge in [-0.25, -0.2) is 4.99 Å². The molecule has 0 aromatic heterocycles. The zero-order valence-corrected chi connectivity index (χ0v) is 12.0. The van der Waals surface area contributed by atoms with Gasteiger partial charge in [-0.15, -0.1) is 0 Å². The molecular weight excluding hydrogens is 238 g/mol. The Balaban J connectivity index is 2.27. The van der Waals surface area contributed by atoms with Crippen LogP contribution in [-0.4, -0.2) is 30.4 Å². The predicted octanol–water partition coefficient (Wildman–Crippen LogP) is 3.20. The average Bonchev–Trinajstić information content (AvgIpc) is 2.43. The number of ether oxygens (including phenoxy) is 1. The smallest absolute Gasteiger partial charge is 0.156 e. The average molecular weight is 261 g/mol. The van der Waals surface area contributed by atoms with Crippen LogP contribution in [0.3, 0.4) is 0 Å². The van der Waals surface area contributed by atoms with Crippen LogP contribution in [0.4, 0.5) is 11.4 Å². The number of nitrogens with two attached hydrogens (primary N) is 1. The van der Waals surface area contributed by atoms with Crippen LogP contribution >= 0.6 is 0 Å². The molecule has 19 heavy (non-hydrogen) atoms. The monoisotopic (exact) mass is 261 g/mol. The van der Waals surface area contributed by atoms with E-state index in [4.69, 9.17) is 15.5 Å². The minimum Gasteiger partial charge on any atom is -0.480 e. The van der Waals surface area contributed by atoms with E-state index in [2.05, 4.69) is 25.8 Å². The Labute approximate surface area is 115 Å². The van der Waals surface area contributed by atoms with Crippen LogP contribution in [0.15, 0.2) is 23.2 Å². The van der Waals surface area contributed by atoms with E-state index in [0.717, 1.165) is 30.2 Å². The molecule has 0 amide bonds. The molecule has 0 fully saturated rings. The second-order valence-electron chi connectivity index (χ2n) is 4.99. The number of likely N-dealkylation sites (N-methyl/N-ethyl adjacent to an activating group) is 1. The number of nitrogen functional groups attached to an aromatic ring is 1. The molecule has 0 saturated heterocycles. The van der Waals surface area contributed by atoms with E-state index in [1.54, 1.807) is 0 Å². The number of unbranched alkanes of at least 4 members (excludes halogenated alkanes) is 1. The number of aliphatic imine (C=N–C) groups is 1. The molecule has 0 saturated carbocycles. The minimum absolute atomic E-state index is 0.0242. The lowest BCUT2D eigenvalue weighted by atomic mass is 10.1. The maximum atomic E-state index is 6.02. The van der Waals surface area contributed by atoms with Gasteiger partial charge >= 0.3 is 0 Å². The highest BCUT2D eigenvalue weighted by Crippen LogP contribution is 2.35. The summed E-state index contributed by atoms with van der Waals surface area (Å²) >= 11 is 0. The van der Waals surface area contributed by atoms with E-state index in [0.29, 0.717) is 5.69 Å². The number of hydrogen-bond donors (Lipinski definition) is 1. The van der Waals surface area contributed by atoms with Crippen LogP contribution in [0, 0.1) is 0 Å². The van der Waals surface area contributed by atoms with Crippen LogP contribution in [0.5, 0.6) is 5.75 Å². The third-order valence-corrected chi connectivity index (χ3v) is 3.39. The number of amidine groups is 1. The molecule has 1 aliphatic heterocycles.